The molecule has 0 heterocycles. The molecule has 0 aliphatic carbocycles. The molecule has 0 aliphatic heterocycles. The lowest BCUT2D eigenvalue weighted by atomic mass is 10.1. The van der Waals surface area contributed by atoms with Gasteiger partial charge >= 0.3 is 0 Å². The highest BCUT2D eigenvalue weighted by Gasteiger charge is 2.13. The molecule has 0 spiro atoms. The maximum Gasteiger partial charge on any atom is 0.250 e. The highest BCUT2D eigenvalue weighted by molar-refractivity contribution is 5.98. The predicted octanol–water partition coefficient (Wildman–Crippen LogP) is 1.17. The molecule has 1 aromatic rings. The summed E-state index contributed by atoms with van der Waals surface area (Å²) in [6.45, 7) is 2.53. The van der Waals surface area contributed by atoms with Crippen molar-refractivity contribution in [2.45, 2.75) is 13.3 Å². The van der Waals surface area contributed by atoms with Gasteiger partial charge in [-0.1, -0.05) is 6.92 Å². The van der Waals surface area contributed by atoms with Crippen molar-refractivity contribution >= 4 is 11.6 Å². The summed E-state index contributed by atoms with van der Waals surface area (Å²) in [6.07, 6.45) is 0.861. The number of rotatable bonds is 5. The van der Waals surface area contributed by atoms with E-state index in [1.807, 2.05) is 6.92 Å². The smallest absolute Gasteiger partial charge is 0.250 e. The minimum absolute atomic E-state index is 0.243. The fraction of sp³-hybridized carbons (Fsp3) is 0.364. The molecule has 0 aromatic heterocycles. The van der Waals surface area contributed by atoms with Crippen LogP contribution in [0.3, 0.4) is 0 Å². The van der Waals surface area contributed by atoms with E-state index in [4.69, 9.17) is 20.9 Å². The summed E-state index contributed by atoms with van der Waals surface area (Å²) in [5.74, 6) is 0.393. The van der Waals surface area contributed by atoms with E-state index >= 15 is 0 Å². The van der Waals surface area contributed by atoms with Crippen molar-refractivity contribution in [1.29, 1.82) is 0 Å². The van der Waals surface area contributed by atoms with Gasteiger partial charge in [0.05, 0.1) is 19.3 Å². The summed E-state index contributed by atoms with van der Waals surface area (Å²) in [4.78, 5) is 11.1. The highest BCUT2D eigenvalue weighted by Crippen LogP contribution is 2.32. The maximum atomic E-state index is 11.1. The Morgan fingerprint density at radius 2 is 2.06 bits per heavy atom. The van der Waals surface area contributed by atoms with Gasteiger partial charge in [-0.2, -0.15) is 0 Å². The predicted molar refractivity (Wildman–Crippen MR) is 61.7 cm³/mol. The van der Waals surface area contributed by atoms with Crippen LogP contribution in [0.4, 0.5) is 5.69 Å². The number of carbonyl (C=O) groups excluding carboxylic acids is 1. The van der Waals surface area contributed by atoms with Crippen molar-refractivity contribution in [3.8, 4) is 11.5 Å². The van der Waals surface area contributed by atoms with Crippen LogP contribution in [0.1, 0.15) is 23.7 Å². The van der Waals surface area contributed by atoms with Gasteiger partial charge in [-0.15, -0.1) is 0 Å². The van der Waals surface area contributed by atoms with Crippen LogP contribution in [0.5, 0.6) is 11.5 Å². The lowest BCUT2D eigenvalue weighted by Crippen LogP contribution is -2.14. The number of methoxy groups -OCH3 is 1. The first-order chi connectivity index (χ1) is 7.60. The third-order valence-corrected chi connectivity index (χ3v) is 2.06. The Balaban J connectivity index is 3.12. The lowest BCUT2D eigenvalue weighted by Gasteiger charge is -2.12. The second-order valence-corrected chi connectivity index (χ2v) is 3.30. The average molecular weight is 224 g/mol. The SMILES string of the molecule is CCCOc1cc(C(N)=O)c(N)cc1OC. The first-order valence-electron chi connectivity index (χ1n) is 5.00. The Kier molecular flexibility index (Phi) is 3.99. The molecular weight excluding hydrogens is 208 g/mol. The van der Waals surface area contributed by atoms with Crippen LogP contribution >= 0.6 is 0 Å². The third-order valence-electron chi connectivity index (χ3n) is 2.06. The van der Waals surface area contributed by atoms with E-state index in [9.17, 15) is 4.79 Å². The largest absolute Gasteiger partial charge is 0.493 e. The maximum absolute atomic E-state index is 11.1. The van der Waals surface area contributed by atoms with E-state index in [0.717, 1.165) is 6.42 Å². The van der Waals surface area contributed by atoms with Gasteiger partial charge < -0.3 is 20.9 Å². The van der Waals surface area contributed by atoms with E-state index in [1.54, 1.807) is 0 Å². The number of hydrogen-bond donors (Lipinski definition) is 2. The van der Waals surface area contributed by atoms with E-state index < -0.39 is 5.91 Å². The second kappa shape index (κ2) is 5.25. The van der Waals surface area contributed by atoms with Crippen LogP contribution < -0.4 is 20.9 Å². The number of benzene rings is 1. The molecule has 0 unspecified atom stereocenters. The van der Waals surface area contributed by atoms with Crippen LogP contribution in [0.2, 0.25) is 0 Å². The van der Waals surface area contributed by atoms with Gasteiger partial charge in [-0.25, -0.2) is 0 Å². The molecule has 5 nitrogen and oxygen atoms in total. The molecule has 1 rings (SSSR count). The van der Waals surface area contributed by atoms with Crippen molar-refractivity contribution in [3.63, 3.8) is 0 Å². The van der Waals surface area contributed by atoms with Crippen LogP contribution in [-0.4, -0.2) is 19.6 Å². The third kappa shape index (κ3) is 2.56. The van der Waals surface area contributed by atoms with Crippen LogP contribution in [0.25, 0.3) is 0 Å². The summed E-state index contributed by atoms with van der Waals surface area (Å²) in [5.41, 5.74) is 11.4. The van der Waals surface area contributed by atoms with Crippen molar-refractivity contribution in [3.05, 3.63) is 17.7 Å². The van der Waals surface area contributed by atoms with Gasteiger partial charge in [0.15, 0.2) is 11.5 Å². The summed E-state index contributed by atoms with van der Waals surface area (Å²) in [7, 11) is 1.51. The number of nitrogens with two attached hydrogens (primary N) is 2. The Morgan fingerprint density at radius 1 is 1.38 bits per heavy atom. The van der Waals surface area contributed by atoms with Crippen molar-refractivity contribution in [1.82, 2.24) is 0 Å². The molecule has 4 N–H and O–H groups in total. The van der Waals surface area contributed by atoms with Crippen LogP contribution in [-0.2, 0) is 0 Å². The van der Waals surface area contributed by atoms with Gasteiger partial charge in [-0.05, 0) is 12.5 Å². The molecule has 0 aliphatic rings. The van der Waals surface area contributed by atoms with Gasteiger partial charge in [0.1, 0.15) is 0 Å². The lowest BCUT2D eigenvalue weighted by molar-refractivity contribution is 0.100. The zero-order valence-corrected chi connectivity index (χ0v) is 9.45. The standard InChI is InChI=1S/C11H16N2O3/c1-3-4-16-10-5-7(11(13)14)8(12)6-9(10)15-2/h5-6H,3-4,12H2,1-2H3,(H2,13,14). The first-order valence-corrected chi connectivity index (χ1v) is 5.00. The summed E-state index contributed by atoms with van der Waals surface area (Å²) < 4.78 is 10.5. The molecule has 88 valence electrons. The topological polar surface area (TPSA) is 87.6 Å². The van der Waals surface area contributed by atoms with E-state index in [-0.39, 0.29) is 11.3 Å². The number of carbonyl (C=O) groups is 1. The molecular formula is C11H16N2O3. The van der Waals surface area contributed by atoms with Crippen LogP contribution in [0.15, 0.2) is 12.1 Å². The molecule has 0 saturated heterocycles. The highest BCUT2D eigenvalue weighted by atomic mass is 16.5. The van der Waals surface area contributed by atoms with Crippen molar-refractivity contribution in [2.24, 2.45) is 5.73 Å². The normalized spacial score (nSPS) is 9.88. The monoisotopic (exact) mass is 224 g/mol. The molecule has 1 aromatic carbocycles. The molecule has 0 bridgehead atoms. The fourth-order valence-electron chi connectivity index (χ4n) is 1.27. The Labute approximate surface area is 94.3 Å². The number of ether oxygens (including phenoxy) is 2. The number of nitrogen functional groups attached to an aromatic ring is 1. The molecule has 0 fully saturated rings. The fourth-order valence-corrected chi connectivity index (χ4v) is 1.27. The Hall–Kier alpha value is -1.91. The molecule has 1 amide bonds. The zero-order chi connectivity index (χ0) is 12.1. The second-order valence-electron chi connectivity index (χ2n) is 3.30. The van der Waals surface area contributed by atoms with Gasteiger partial charge in [0.25, 0.3) is 5.91 Å². The number of hydrogen-bond acceptors (Lipinski definition) is 4. The van der Waals surface area contributed by atoms with E-state index in [0.29, 0.717) is 18.1 Å². The molecule has 0 saturated carbocycles. The number of amides is 1. The number of primary amides is 1. The van der Waals surface area contributed by atoms with Crippen molar-refractivity contribution < 1.29 is 14.3 Å². The average Bonchev–Trinajstić information content (AvgIpc) is 2.26. The summed E-state index contributed by atoms with van der Waals surface area (Å²) in [6, 6.07) is 3.04. The minimum Gasteiger partial charge on any atom is -0.493 e. The van der Waals surface area contributed by atoms with Gasteiger partial charge in [0.2, 0.25) is 0 Å². The van der Waals surface area contributed by atoms with Crippen molar-refractivity contribution in [2.75, 3.05) is 19.5 Å². The minimum atomic E-state index is -0.582. The first kappa shape index (κ1) is 12.2. The quantitative estimate of drug-likeness (QED) is 0.735. The van der Waals surface area contributed by atoms with Gasteiger partial charge in [0, 0.05) is 11.8 Å². The molecule has 0 atom stereocenters. The summed E-state index contributed by atoms with van der Waals surface area (Å²) in [5, 5.41) is 0. The van der Waals surface area contributed by atoms with Gasteiger partial charge in [-0.3, -0.25) is 4.79 Å². The summed E-state index contributed by atoms with van der Waals surface area (Å²) >= 11 is 0. The van der Waals surface area contributed by atoms with E-state index in [1.165, 1.54) is 19.2 Å². The molecule has 16 heavy (non-hydrogen) atoms. The molecule has 5 heteroatoms. The van der Waals surface area contributed by atoms with Crippen LogP contribution in [0, 0.1) is 0 Å². The zero-order valence-electron chi connectivity index (χ0n) is 9.45. The molecule has 0 radical (unpaired) electrons. The Bertz CT molecular complexity index is 391. The number of anilines is 1. The van der Waals surface area contributed by atoms with E-state index in [2.05, 4.69) is 0 Å². The Morgan fingerprint density at radius 3 is 2.56 bits per heavy atom.